The van der Waals surface area contributed by atoms with E-state index in [1.54, 1.807) is 13.1 Å². The monoisotopic (exact) mass is 350 g/mol. The second-order valence-electron chi connectivity index (χ2n) is 4.64. The molecule has 1 aromatic carbocycles. The first-order valence-electron chi connectivity index (χ1n) is 6.48. The molecule has 0 fully saturated rings. The molecule has 0 radical (unpaired) electrons. The third-order valence-electron chi connectivity index (χ3n) is 3.12. The fourth-order valence-electron chi connectivity index (χ4n) is 1.91. The number of carbonyl (C=O) groups is 2. The third-order valence-corrected chi connectivity index (χ3v) is 3.84. The van der Waals surface area contributed by atoms with Gasteiger partial charge in [0.2, 0.25) is 11.8 Å². The third kappa shape index (κ3) is 4.22. The molecule has 0 saturated carbocycles. The van der Waals surface area contributed by atoms with Crippen molar-refractivity contribution in [3.63, 3.8) is 0 Å². The number of hydrogen-bond donors (Lipinski definition) is 2. The van der Waals surface area contributed by atoms with Gasteiger partial charge in [-0.1, -0.05) is 34.1 Å². The van der Waals surface area contributed by atoms with Crippen LogP contribution < -0.4 is 10.9 Å². The molecule has 1 aliphatic rings. The van der Waals surface area contributed by atoms with Gasteiger partial charge in [-0.05, 0) is 19.4 Å². The Balaban J connectivity index is 1.79. The highest BCUT2D eigenvalue weighted by Crippen LogP contribution is 2.14. The molecule has 2 N–H and O–H groups in total. The first kappa shape index (κ1) is 15.4. The zero-order valence-electron chi connectivity index (χ0n) is 11.5. The van der Waals surface area contributed by atoms with Gasteiger partial charge in [0.15, 0.2) is 0 Å². The lowest BCUT2D eigenvalue weighted by molar-refractivity contribution is -0.123. The molecule has 0 aromatic heterocycles. The first-order valence-corrected chi connectivity index (χ1v) is 7.27. The van der Waals surface area contributed by atoms with E-state index in [1.165, 1.54) is 0 Å². The van der Waals surface area contributed by atoms with Crippen molar-refractivity contribution in [2.75, 3.05) is 0 Å². The van der Waals surface area contributed by atoms with Crippen molar-refractivity contribution in [2.45, 2.75) is 19.8 Å². The van der Waals surface area contributed by atoms with E-state index in [0.717, 1.165) is 10.0 Å². The van der Waals surface area contributed by atoms with Crippen molar-refractivity contribution in [1.82, 2.24) is 10.9 Å². The van der Waals surface area contributed by atoms with Gasteiger partial charge in [0, 0.05) is 22.2 Å². The Morgan fingerprint density at radius 3 is 2.95 bits per heavy atom. The van der Waals surface area contributed by atoms with Gasteiger partial charge in [-0.25, -0.2) is 10.9 Å². The minimum atomic E-state index is -0.317. The van der Waals surface area contributed by atoms with Gasteiger partial charge in [0.1, 0.15) is 0 Å². The van der Waals surface area contributed by atoms with Crippen LogP contribution in [0.3, 0.4) is 0 Å². The van der Waals surface area contributed by atoms with E-state index in [2.05, 4.69) is 37.0 Å². The summed E-state index contributed by atoms with van der Waals surface area (Å²) < 4.78 is 0.900. The van der Waals surface area contributed by atoms with Gasteiger partial charge in [-0.2, -0.15) is 10.2 Å². The average Bonchev–Trinajstić information content (AvgIpc) is 2.78. The van der Waals surface area contributed by atoms with Crippen LogP contribution in [0.2, 0.25) is 0 Å². The van der Waals surface area contributed by atoms with Gasteiger partial charge >= 0.3 is 0 Å². The van der Waals surface area contributed by atoms with Crippen molar-refractivity contribution in [3.05, 3.63) is 34.3 Å². The number of amides is 2. The van der Waals surface area contributed by atoms with Crippen molar-refractivity contribution < 1.29 is 9.59 Å². The SMILES string of the molecule is CC1=NNC(=O)C1CCC(=O)N/N=C/c1ccccc1Br. The molecule has 7 heteroatoms. The van der Waals surface area contributed by atoms with Crippen molar-refractivity contribution in [3.8, 4) is 0 Å². The predicted molar refractivity (Wildman–Crippen MR) is 83.9 cm³/mol. The van der Waals surface area contributed by atoms with E-state index < -0.39 is 0 Å². The highest BCUT2D eigenvalue weighted by atomic mass is 79.9. The minimum absolute atomic E-state index is 0.156. The van der Waals surface area contributed by atoms with Gasteiger partial charge < -0.3 is 0 Å². The highest BCUT2D eigenvalue weighted by molar-refractivity contribution is 9.10. The van der Waals surface area contributed by atoms with Crippen LogP contribution in [0.15, 0.2) is 38.9 Å². The molecular weight excluding hydrogens is 336 g/mol. The average molecular weight is 351 g/mol. The van der Waals surface area contributed by atoms with E-state index in [4.69, 9.17) is 0 Å². The van der Waals surface area contributed by atoms with E-state index in [-0.39, 0.29) is 24.2 Å². The van der Waals surface area contributed by atoms with Crippen LogP contribution in [0.1, 0.15) is 25.3 Å². The molecule has 1 aliphatic heterocycles. The van der Waals surface area contributed by atoms with Crippen LogP contribution in [-0.2, 0) is 9.59 Å². The molecule has 0 saturated heterocycles. The summed E-state index contributed by atoms with van der Waals surface area (Å²) in [5.74, 6) is -0.703. The molecule has 110 valence electrons. The maximum Gasteiger partial charge on any atom is 0.248 e. The number of carbonyl (C=O) groups excluding carboxylic acids is 2. The number of rotatable bonds is 5. The molecule has 0 bridgehead atoms. The molecule has 2 amide bonds. The second kappa shape index (κ2) is 7.12. The van der Waals surface area contributed by atoms with Crippen molar-refractivity contribution in [2.24, 2.45) is 16.1 Å². The Hall–Kier alpha value is -2.02. The zero-order valence-corrected chi connectivity index (χ0v) is 13.1. The normalized spacial score (nSPS) is 17.7. The first-order chi connectivity index (χ1) is 10.1. The summed E-state index contributed by atoms with van der Waals surface area (Å²) in [4.78, 5) is 23.1. The molecule has 0 spiro atoms. The van der Waals surface area contributed by atoms with E-state index >= 15 is 0 Å². The van der Waals surface area contributed by atoms with Gasteiger partial charge in [0.25, 0.3) is 0 Å². The number of nitrogens with zero attached hydrogens (tertiary/aromatic N) is 2. The molecular formula is C14H15BrN4O2. The summed E-state index contributed by atoms with van der Waals surface area (Å²) in [5, 5.41) is 7.74. The quantitative estimate of drug-likeness (QED) is 0.626. The summed E-state index contributed by atoms with van der Waals surface area (Å²) in [6.07, 6.45) is 2.22. The fourth-order valence-corrected chi connectivity index (χ4v) is 2.30. The molecule has 1 atom stereocenters. The summed E-state index contributed by atoms with van der Waals surface area (Å²) in [5.41, 5.74) is 6.43. The van der Waals surface area contributed by atoms with E-state index in [9.17, 15) is 9.59 Å². The molecule has 2 rings (SSSR count). The van der Waals surface area contributed by atoms with Crippen molar-refractivity contribution in [1.29, 1.82) is 0 Å². The molecule has 6 nitrogen and oxygen atoms in total. The van der Waals surface area contributed by atoms with Gasteiger partial charge in [0.05, 0.1) is 12.1 Å². The highest BCUT2D eigenvalue weighted by Gasteiger charge is 2.26. The molecule has 21 heavy (non-hydrogen) atoms. The fraction of sp³-hybridized carbons (Fsp3) is 0.286. The molecule has 0 aliphatic carbocycles. The van der Waals surface area contributed by atoms with Gasteiger partial charge in [-0.3, -0.25) is 9.59 Å². The molecule has 1 heterocycles. The van der Waals surface area contributed by atoms with E-state index in [1.807, 2.05) is 24.3 Å². The smallest absolute Gasteiger partial charge is 0.248 e. The molecule has 1 aromatic rings. The molecule has 1 unspecified atom stereocenters. The second-order valence-corrected chi connectivity index (χ2v) is 5.49. The summed E-state index contributed by atoms with van der Waals surface area (Å²) >= 11 is 3.39. The van der Waals surface area contributed by atoms with Crippen LogP contribution in [0, 0.1) is 5.92 Å². The van der Waals surface area contributed by atoms with Crippen LogP contribution in [0.25, 0.3) is 0 Å². The topological polar surface area (TPSA) is 82.9 Å². The summed E-state index contributed by atoms with van der Waals surface area (Å²) in [6.45, 7) is 1.77. The Morgan fingerprint density at radius 1 is 1.52 bits per heavy atom. The number of benzene rings is 1. The van der Waals surface area contributed by atoms with Gasteiger partial charge in [-0.15, -0.1) is 0 Å². The minimum Gasteiger partial charge on any atom is -0.273 e. The maximum absolute atomic E-state index is 11.7. The standard InChI is InChI=1S/C14H15BrN4O2/c1-9-11(14(21)19-17-9)6-7-13(20)18-16-8-10-4-2-3-5-12(10)15/h2-5,8,11H,6-7H2,1H3,(H,18,20)(H,19,21)/b16-8+. The Labute approximate surface area is 130 Å². The zero-order chi connectivity index (χ0) is 15.2. The van der Waals surface area contributed by atoms with Crippen LogP contribution in [0.4, 0.5) is 0 Å². The van der Waals surface area contributed by atoms with Crippen molar-refractivity contribution >= 4 is 39.7 Å². The number of hydrogen-bond acceptors (Lipinski definition) is 4. The lowest BCUT2D eigenvalue weighted by Crippen LogP contribution is -2.25. The number of nitrogens with one attached hydrogen (secondary N) is 2. The Morgan fingerprint density at radius 2 is 2.29 bits per heavy atom. The Kier molecular flexibility index (Phi) is 5.21. The van der Waals surface area contributed by atoms with Crippen LogP contribution in [-0.4, -0.2) is 23.7 Å². The Bertz CT molecular complexity index is 613. The number of halogens is 1. The van der Waals surface area contributed by atoms with Crippen LogP contribution >= 0.6 is 15.9 Å². The predicted octanol–water partition coefficient (Wildman–Crippen LogP) is 1.80. The summed E-state index contributed by atoms with van der Waals surface area (Å²) in [7, 11) is 0. The lowest BCUT2D eigenvalue weighted by Gasteiger charge is -2.06. The summed E-state index contributed by atoms with van der Waals surface area (Å²) in [6, 6.07) is 7.55. The van der Waals surface area contributed by atoms with Crippen LogP contribution in [0.5, 0.6) is 0 Å². The lowest BCUT2D eigenvalue weighted by atomic mass is 9.99. The largest absolute Gasteiger partial charge is 0.273 e. The van der Waals surface area contributed by atoms with E-state index in [0.29, 0.717) is 12.1 Å². The maximum atomic E-state index is 11.7. The number of hydrazone groups is 2.